The Morgan fingerprint density at radius 2 is 1.96 bits per heavy atom. The van der Waals surface area contributed by atoms with E-state index in [0.717, 1.165) is 5.75 Å². The molecular weight excluding hydrogens is 344 g/mol. The number of ether oxygens (including phenoxy) is 1. The molecule has 3 N–H and O–H groups in total. The highest BCUT2D eigenvalue weighted by atomic mass is 32.2. The summed E-state index contributed by atoms with van der Waals surface area (Å²) in [7, 11) is 0. The van der Waals surface area contributed by atoms with Crippen LogP contribution < -0.4 is 10.7 Å². The lowest BCUT2D eigenvalue weighted by Gasteiger charge is -2.34. The van der Waals surface area contributed by atoms with Gasteiger partial charge in [0.15, 0.2) is 10.8 Å². The molecule has 6 heteroatoms. The minimum absolute atomic E-state index is 0.210. The molecule has 26 heavy (non-hydrogen) atoms. The van der Waals surface area contributed by atoms with Crippen LogP contribution in [0.1, 0.15) is 32.8 Å². The van der Waals surface area contributed by atoms with E-state index in [4.69, 9.17) is 10.5 Å². The van der Waals surface area contributed by atoms with Gasteiger partial charge in [-0.1, -0.05) is 62.9 Å². The smallest absolute Gasteiger partial charge is 0.277 e. The first-order valence-corrected chi connectivity index (χ1v) is 9.82. The number of benzene rings is 1. The van der Waals surface area contributed by atoms with Gasteiger partial charge in [-0.2, -0.15) is 10.5 Å². The fourth-order valence-electron chi connectivity index (χ4n) is 5.65. The van der Waals surface area contributed by atoms with Crippen molar-refractivity contribution in [1.82, 2.24) is 0 Å². The Balaban J connectivity index is 1.83. The van der Waals surface area contributed by atoms with Gasteiger partial charge in [0, 0.05) is 11.2 Å². The molecule has 2 heterocycles. The number of nitrogens with one attached hydrogen (secondary N) is 1. The van der Waals surface area contributed by atoms with Crippen molar-refractivity contribution in [2.45, 2.75) is 37.7 Å². The second-order valence-electron chi connectivity index (χ2n) is 8.33. The number of amidine groups is 1. The normalized spacial score (nSPS) is 40.6. The van der Waals surface area contributed by atoms with E-state index < -0.39 is 21.3 Å². The highest BCUT2D eigenvalue weighted by Crippen LogP contribution is 2.86. The lowest BCUT2D eigenvalue weighted by molar-refractivity contribution is -0.585. The molecule has 1 saturated carbocycles. The Morgan fingerprint density at radius 3 is 2.50 bits per heavy atom. The number of rotatable bonds is 3. The van der Waals surface area contributed by atoms with Crippen molar-refractivity contribution in [3.05, 3.63) is 35.9 Å². The molecule has 4 atom stereocenters. The zero-order chi connectivity index (χ0) is 18.8. The van der Waals surface area contributed by atoms with Gasteiger partial charge >= 0.3 is 0 Å². The monoisotopic (exact) mass is 367 g/mol. The predicted molar refractivity (Wildman–Crippen MR) is 99.6 cm³/mol. The van der Waals surface area contributed by atoms with E-state index in [2.05, 4.69) is 43.1 Å². The summed E-state index contributed by atoms with van der Waals surface area (Å²) in [5, 5.41) is 19.6. The van der Waals surface area contributed by atoms with Crippen molar-refractivity contribution < 1.29 is 9.73 Å². The number of nitrogens with two attached hydrogens (primary N) is 1. The Hall–Kier alpha value is -2.02. The summed E-state index contributed by atoms with van der Waals surface area (Å²) < 4.78 is 6.04. The van der Waals surface area contributed by atoms with Gasteiger partial charge in [-0.15, -0.1) is 0 Å². The molecule has 5 nitrogen and oxygen atoms in total. The van der Waals surface area contributed by atoms with Crippen molar-refractivity contribution in [2.24, 2.45) is 22.0 Å². The highest BCUT2D eigenvalue weighted by Gasteiger charge is 3.01. The molecule has 0 radical (unpaired) electrons. The van der Waals surface area contributed by atoms with Gasteiger partial charge in [0.05, 0.1) is 18.7 Å². The number of nitrogens with zero attached hydrogens (tertiary/aromatic N) is 2. The van der Waals surface area contributed by atoms with E-state index in [-0.39, 0.29) is 5.41 Å². The zero-order valence-electron chi connectivity index (χ0n) is 15.3. The van der Waals surface area contributed by atoms with Crippen molar-refractivity contribution in [2.75, 3.05) is 12.4 Å². The van der Waals surface area contributed by atoms with Gasteiger partial charge in [0.25, 0.3) is 10.9 Å². The third-order valence-electron chi connectivity index (χ3n) is 6.73. The number of fused-ring (bicyclic) bond motifs is 2. The predicted octanol–water partition coefficient (Wildman–Crippen LogP) is 1.26. The van der Waals surface area contributed by atoms with Crippen molar-refractivity contribution >= 4 is 17.6 Å². The van der Waals surface area contributed by atoms with Gasteiger partial charge in [-0.3, -0.25) is 5.73 Å². The van der Waals surface area contributed by atoms with Crippen molar-refractivity contribution in [3.63, 3.8) is 0 Å². The Bertz CT molecular complexity index is 877. The van der Waals surface area contributed by atoms with Crippen LogP contribution in [-0.4, -0.2) is 23.3 Å². The fourth-order valence-corrected chi connectivity index (χ4v) is 7.09. The van der Waals surface area contributed by atoms with Crippen LogP contribution in [0.25, 0.3) is 0 Å². The molecule has 1 saturated heterocycles. The molecule has 134 valence electrons. The summed E-state index contributed by atoms with van der Waals surface area (Å²) >= 11 is 1.56. The van der Waals surface area contributed by atoms with E-state index in [9.17, 15) is 10.5 Å². The van der Waals surface area contributed by atoms with Crippen LogP contribution in [0.2, 0.25) is 0 Å². The Labute approximate surface area is 158 Å². The van der Waals surface area contributed by atoms with Gasteiger partial charge in [-0.05, 0) is 17.4 Å². The standard InChI is InChI=1S/C20H22N4OS/c1-16(2,14-7-5-4-6-8-14)11-17(3)18(12-21)15(23)24-20(19(17,18)13-22)25-9-10-26-20/h4-8H,9-11H2,1-3H3,(H2,23,24)/p+1/t17-,18+,19-,20-/m1/s1. The van der Waals surface area contributed by atoms with Crippen molar-refractivity contribution in [3.8, 4) is 12.1 Å². The summed E-state index contributed by atoms with van der Waals surface area (Å²) in [5.41, 5.74) is 4.68. The first-order chi connectivity index (χ1) is 12.3. The molecule has 1 aliphatic carbocycles. The molecule has 1 spiro atoms. The Kier molecular flexibility index (Phi) is 3.37. The molecule has 3 aliphatic rings. The number of thioether (sulfide) groups is 1. The summed E-state index contributed by atoms with van der Waals surface area (Å²) in [6, 6.07) is 15.2. The van der Waals surface area contributed by atoms with Crippen LogP contribution in [-0.2, 0) is 10.2 Å². The molecule has 0 amide bonds. The fraction of sp³-hybridized carbons (Fsp3) is 0.550. The van der Waals surface area contributed by atoms with E-state index >= 15 is 0 Å². The highest BCUT2D eigenvalue weighted by molar-refractivity contribution is 8.00. The third-order valence-corrected chi connectivity index (χ3v) is 8.04. The van der Waals surface area contributed by atoms with Crippen LogP contribution in [0.4, 0.5) is 0 Å². The average Bonchev–Trinajstić information content (AvgIpc) is 2.91. The first-order valence-electron chi connectivity index (χ1n) is 8.84. The average molecular weight is 367 g/mol. The summed E-state index contributed by atoms with van der Waals surface area (Å²) in [6.07, 6.45) is 0.666. The molecule has 0 aromatic heterocycles. The van der Waals surface area contributed by atoms with Crippen LogP contribution in [0.3, 0.4) is 0 Å². The maximum absolute atomic E-state index is 10.3. The second kappa shape index (κ2) is 5.03. The minimum Gasteiger partial charge on any atom is -0.327 e. The molecule has 0 unspecified atom stereocenters. The van der Waals surface area contributed by atoms with Gasteiger partial charge in [-0.25, -0.2) is 4.99 Å². The summed E-state index contributed by atoms with van der Waals surface area (Å²) in [6.45, 7) is 6.91. The van der Waals surface area contributed by atoms with E-state index in [1.165, 1.54) is 5.56 Å². The molecular formula is C20H23N4OS+. The largest absolute Gasteiger partial charge is 0.327 e. The number of hydrogen-bond acceptors (Lipinski definition) is 5. The third kappa shape index (κ3) is 1.59. The SMILES string of the molecule is CC(C)(C[C@]1(C)[C@]2(C#N)C(N)=[NH+][C@@]3(OCCS3)[C@]12C#N)c1ccccc1. The van der Waals surface area contributed by atoms with E-state index in [1.807, 2.05) is 25.1 Å². The number of hydrogen-bond donors (Lipinski definition) is 2. The zero-order valence-corrected chi connectivity index (χ0v) is 16.1. The molecule has 1 aromatic rings. The van der Waals surface area contributed by atoms with Gasteiger partial charge in [0.1, 0.15) is 0 Å². The first kappa shape index (κ1) is 17.4. The van der Waals surface area contributed by atoms with Gasteiger partial charge < -0.3 is 4.74 Å². The number of nitriles is 2. The van der Waals surface area contributed by atoms with Crippen LogP contribution in [0.5, 0.6) is 0 Å². The second-order valence-corrected chi connectivity index (χ2v) is 9.61. The van der Waals surface area contributed by atoms with Crippen LogP contribution >= 0.6 is 11.8 Å². The molecule has 1 aromatic carbocycles. The lowest BCUT2D eigenvalue weighted by Crippen LogP contribution is -2.88. The molecule has 0 bridgehead atoms. The minimum atomic E-state index is -1.04. The summed E-state index contributed by atoms with van der Waals surface area (Å²) in [4.78, 5) is 3.18. The quantitative estimate of drug-likeness (QED) is 0.838. The molecule has 4 rings (SSSR count). The summed E-state index contributed by atoms with van der Waals surface area (Å²) in [5.74, 6) is 1.16. The maximum Gasteiger partial charge on any atom is 0.277 e. The topological polar surface area (TPSA) is 96.8 Å². The van der Waals surface area contributed by atoms with E-state index in [1.54, 1.807) is 11.8 Å². The van der Waals surface area contributed by atoms with Crippen LogP contribution in [0.15, 0.2) is 30.3 Å². The Morgan fingerprint density at radius 1 is 1.27 bits per heavy atom. The molecule has 2 fully saturated rings. The lowest BCUT2D eigenvalue weighted by atomic mass is 9.72. The maximum atomic E-state index is 10.3. The van der Waals surface area contributed by atoms with Gasteiger partial charge in [0.2, 0.25) is 0 Å². The molecule has 2 aliphatic heterocycles. The van der Waals surface area contributed by atoms with Crippen molar-refractivity contribution in [1.29, 1.82) is 10.5 Å². The van der Waals surface area contributed by atoms with Crippen LogP contribution in [0, 0.1) is 38.9 Å². The van der Waals surface area contributed by atoms with E-state index in [0.29, 0.717) is 18.9 Å².